The van der Waals surface area contributed by atoms with Crippen LogP contribution >= 0.6 is 15.9 Å². The number of rotatable bonds is 6. The third-order valence-electron chi connectivity index (χ3n) is 2.79. The first-order chi connectivity index (χ1) is 8.88. The molecule has 0 radical (unpaired) electrons. The van der Waals surface area contributed by atoms with Gasteiger partial charge in [-0.2, -0.15) is 13.2 Å². The van der Waals surface area contributed by atoms with Crippen molar-refractivity contribution in [3.8, 4) is 0 Å². The number of halogens is 4. The molecule has 0 bridgehead atoms. The first-order valence-corrected chi connectivity index (χ1v) is 6.86. The van der Waals surface area contributed by atoms with Crippen molar-refractivity contribution in [3.63, 3.8) is 0 Å². The Balaban J connectivity index is 2.92. The van der Waals surface area contributed by atoms with E-state index in [9.17, 15) is 13.2 Å². The quantitative estimate of drug-likeness (QED) is 0.826. The first-order valence-electron chi connectivity index (χ1n) is 6.07. The topological polar surface area (TPSA) is 32.3 Å². The summed E-state index contributed by atoms with van der Waals surface area (Å²) < 4.78 is 40.0. The molecule has 1 aromatic rings. The summed E-state index contributed by atoms with van der Waals surface area (Å²) in [4.78, 5) is 0. The zero-order valence-electron chi connectivity index (χ0n) is 10.5. The van der Waals surface area contributed by atoms with Crippen LogP contribution in [0.25, 0.3) is 0 Å². The minimum absolute atomic E-state index is 0.144. The Morgan fingerprint density at radius 3 is 2.26 bits per heavy atom. The monoisotopic (exact) mass is 339 g/mol. The molecular formula is C13H17BrF3NO. The lowest BCUT2D eigenvalue weighted by Gasteiger charge is -2.26. The molecule has 2 nitrogen and oxygen atoms in total. The van der Waals surface area contributed by atoms with Gasteiger partial charge in [-0.15, -0.1) is 0 Å². The lowest BCUT2D eigenvalue weighted by Crippen LogP contribution is -2.42. The minimum Gasteiger partial charge on any atom is -0.395 e. The van der Waals surface area contributed by atoms with Crippen molar-refractivity contribution in [2.24, 2.45) is 0 Å². The number of benzene rings is 1. The highest BCUT2D eigenvalue weighted by molar-refractivity contribution is 9.10. The molecule has 19 heavy (non-hydrogen) atoms. The SMILES string of the molecule is CCC[C@@H](CO)NC(c1ccc(Br)cc1)C(F)(F)F. The fraction of sp³-hybridized carbons (Fsp3) is 0.538. The summed E-state index contributed by atoms with van der Waals surface area (Å²) in [5.41, 5.74) is 0.144. The maximum atomic E-state index is 13.1. The predicted octanol–water partition coefficient (Wildman–Crippen LogP) is 3.80. The highest BCUT2D eigenvalue weighted by Crippen LogP contribution is 2.33. The highest BCUT2D eigenvalue weighted by atomic mass is 79.9. The Hall–Kier alpha value is -0.590. The molecule has 0 aliphatic heterocycles. The summed E-state index contributed by atoms with van der Waals surface area (Å²) in [6.07, 6.45) is -3.18. The van der Waals surface area contributed by atoms with Gasteiger partial charge in [0.15, 0.2) is 0 Å². The minimum atomic E-state index is -4.39. The van der Waals surface area contributed by atoms with Crippen LogP contribution in [0.5, 0.6) is 0 Å². The van der Waals surface area contributed by atoms with Crippen molar-refractivity contribution in [1.82, 2.24) is 5.32 Å². The molecule has 0 fully saturated rings. The van der Waals surface area contributed by atoms with Crippen molar-refractivity contribution in [2.75, 3.05) is 6.61 Å². The van der Waals surface area contributed by atoms with Gasteiger partial charge in [0.05, 0.1) is 6.61 Å². The maximum Gasteiger partial charge on any atom is 0.407 e. The van der Waals surface area contributed by atoms with E-state index >= 15 is 0 Å². The zero-order chi connectivity index (χ0) is 14.5. The van der Waals surface area contributed by atoms with Gasteiger partial charge in [0.2, 0.25) is 0 Å². The maximum absolute atomic E-state index is 13.1. The Labute approximate surface area is 119 Å². The molecule has 0 aliphatic carbocycles. The Morgan fingerprint density at radius 2 is 1.84 bits per heavy atom. The molecule has 0 heterocycles. The third kappa shape index (κ3) is 5.12. The number of hydrogen-bond acceptors (Lipinski definition) is 2. The summed E-state index contributed by atoms with van der Waals surface area (Å²) in [6.45, 7) is 1.56. The van der Waals surface area contributed by atoms with Crippen LogP contribution in [0, 0.1) is 0 Å². The lowest BCUT2D eigenvalue weighted by molar-refractivity contribution is -0.160. The van der Waals surface area contributed by atoms with Crippen LogP contribution in [0.4, 0.5) is 13.2 Å². The number of aliphatic hydroxyl groups is 1. The molecule has 0 aliphatic rings. The van der Waals surface area contributed by atoms with E-state index < -0.39 is 18.3 Å². The van der Waals surface area contributed by atoms with Gasteiger partial charge in [-0.25, -0.2) is 0 Å². The molecule has 108 valence electrons. The van der Waals surface area contributed by atoms with Crippen LogP contribution in [-0.2, 0) is 0 Å². The van der Waals surface area contributed by atoms with E-state index in [4.69, 9.17) is 5.11 Å². The van der Waals surface area contributed by atoms with Gasteiger partial charge in [-0.3, -0.25) is 5.32 Å². The Morgan fingerprint density at radius 1 is 1.26 bits per heavy atom. The molecule has 0 amide bonds. The summed E-state index contributed by atoms with van der Waals surface area (Å²) in [7, 11) is 0. The van der Waals surface area contributed by atoms with Crippen LogP contribution in [-0.4, -0.2) is 23.9 Å². The molecule has 6 heteroatoms. The van der Waals surface area contributed by atoms with Gasteiger partial charge in [0.1, 0.15) is 6.04 Å². The molecular weight excluding hydrogens is 323 g/mol. The average Bonchev–Trinajstić information content (AvgIpc) is 2.34. The van der Waals surface area contributed by atoms with Gasteiger partial charge >= 0.3 is 6.18 Å². The van der Waals surface area contributed by atoms with E-state index in [0.29, 0.717) is 12.8 Å². The summed E-state index contributed by atoms with van der Waals surface area (Å²) in [5.74, 6) is 0. The molecule has 2 atom stereocenters. The van der Waals surface area contributed by atoms with Crippen molar-refractivity contribution in [2.45, 2.75) is 38.0 Å². The predicted molar refractivity (Wildman–Crippen MR) is 71.9 cm³/mol. The largest absolute Gasteiger partial charge is 0.407 e. The smallest absolute Gasteiger partial charge is 0.395 e. The van der Waals surface area contributed by atoms with Gasteiger partial charge in [-0.05, 0) is 24.1 Å². The first kappa shape index (κ1) is 16.5. The van der Waals surface area contributed by atoms with E-state index in [2.05, 4.69) is 21.2 Å². The average molecular weight is 340 g/mol. The molecule has 1 rings (SSSR count). The second kappa shape index (κ2) is 7.26. The Bertz CT molecular complexity index is 380. The molecule has 1 unspecified atom stereocenters. The van der Waals surface area contributed by atoms with Crippen LogP contribution in [0.1, 0.15) is 31.4 Å². The van der Waals surface area contributed by atoms with E-state index in [1.54, 1.807) is 12.1 Å². The van der Waals surface area contributed by atoms with Crippen molar-refractivity contribution < 1.29 is 18.3 Å². The number of aliphatic hydroxyl groups excluding tert-OH is 1. The second-order valence-electron chi connectivity index (χ2n) is 4.36. The van der Waals surface area contributed by atoms with Crippen LogP contribution in [0.2, 0.25) is 0 Å². The number of hydrogen-bond donors (Lipinski definition) is 2. The van der Waals surface area contributed by atoms with Crippen molar-refractivity contribution in [1.29, 1.82) is 0 Å². The van der Waals surface area contributed by atoms with Gasteiger partial charge in [0.25, 0.3) is 0 Å². The molecule has 0 saturated heterocycles. The van der Waals surface area contributed by atoms with Crippen LogP contribution in [0.15, 0.2) is 28.7 Å². The van der Waals surface area contributed by atoms with Crippen molar-refractivity contribution in [3.05, 3.63) is 34.3 Å². The molecule has 0 saturated carbocycles. The molecule has 2 N–H and O–H groups in total. The van der Waals surface area contributed by atoms with Gasteiger partial charge in [0, 0.05) is 10.5 Å². The van der Waals surface area contributed by atoms with Crippen LogP contribution in [0.3, 0.4) is 0 Å². The van der Waals surface area contributed by atoms with E-state index in [0.717, 1.165) is 4.47 Å². The fourth-order valence-electron chi connectivity index (χ4n) is 1.85. The molecule has 1 aromatic carbocycles. The highest BCUT2D eigenvalue weighted by Gasteiger charge is 2.41. The number of nitrogens with one attached hydrogen (secondary N) is 1. The van der Waals surface area contributed by atoms with Crippen LogP contribution < -0.4 is 5.32 Å². The second-order valence-corrected chi connectivity index (χ2v) is 5.28. The normalized spacial score (nSPS) is 15.3. The Kier molecular flexibility index (Phi) is 6.29. The summed E-state index contributed by atoms with van der Waals surface area (Å²) in [5, 5.41) is 11.6. The number of alkyl halides is 3. The van der Waals surface area contributed by atoms with E-state index in [-0.39, 0.29) is 12.2 Å². The summed E-state index contributed by atoms with van der Waals surface area (Å²) in [6, 6.07) is 3.68. The summed E-state index contributed by atoms with van der Waals surface area (Å²) >= 11 is 3.19. The van der Waals surface area contributed by atoms with Gasteiger partial charge < -0.3 is 5.11 Å². The standard InChI is InChI=1S/C13H17BrF3NO/c1-2-3-11(8-19)18-12(13(15,16)17)9-4-6-10(14)7-5-9/h4-7,11-12,18-19H,2-3,8H2,1H3/t11-,12?/m0/s1. The fourth-order valence-corrected chi connectivity index (χ4v) is 2.11. The van der Waals surface area contributed by atoms with Gasteiger partial charge in [-0.1, -0.05) is 41.4 Å². The van der Waals surface area contributed by atoms with E-state index in [1.807, 2.05) is 6.92 Å². The van der Waals surface area contributed by atoms with E-state index in [1.165, 1.54) is 12.1 Å². The van der Waals surface area contributed by atoms with Crippen molar-refractivity contribution >= 4 is 15.9 Å². The zero-order valence-corrected chi connectivity index (χ0v) is 12.1. The molecule has 0 spiro atoms. The lowest BCUT2D eigenvalue weighted by atomic mass is 10.0. The third-order valence-corrected chi connectivity index (χ3v) is 3.32. The molecule has 0 aromatic heterocycles.